The van der Waals surface area contributed by atoms with Crippen LogP contribution in [0, 0.1) is 13.8 Å². The van der Waals surface area contributed by atoms with Crippen LogP contribution in [-0.4, -0.2) is 43.9 Å². The molecule has 0 N–H and O–H groups in total. The maximum Gasteiger partial charge on any atom is 0.249 e. The molecule has 30 heavy (non-hydrogen) atoms. The molecule has 1 aliphatic heterocycles. The van der Waals surface area contributed by atoms with E-state index in [-0.39, 0.29) is 18.5 Å². The molecule has 3 heterocycles. The molecular weight excluding hydrogens is 382 g/mol. The highest BCUT2D eigenvalue weighted by Gasteiger charge is 2.34. The smallest absolute Gasteiger partial charge is 0.249 e. The molecule has 158 valence electrons. The van der Waals surface area contributed by atoms with E-state index in [0.29, 0.717) is 37.9 Å². The lowest BCUT2D eigenvalue weighted by Gasteiger charge is -2.22. The van der Waals surface area contributed by atoms with Crippen molar-refractivity contribution >= 4 is 5.91 Å². The third-order valence-electron chi connectivity index (χ3n) is 5.31. The number of amides is 1. The first kappa shape index (κ1) is 20.3. The number of hydrogen-bond acceptors (Lipinski definition) is 6. The van der Waals surface area contributed by atoms with Crippen molar-refractivity contribution in [1.29, 1.82) is 0 Å². The Kier molecular flexibility index (Phi) is 6.23. The van der Waals surface area contributed by atoms with Gasteiger partial charge in [0.25, 0.3) is 0 Å². The highest BCUT2D eigenvalue weighted by molar-refractivity contribution is 5.76. The normalized spacial score (nSPS) is 16.3. The van der Waals surface area contributed by atoms with Gasteiger partial charge in [0, 0.05) is 18.7 Å². The second-order valence-electron chi connectivity index (χ2n) is 7.67. The van der Waals surface area contributed by atoms with Crippen molar-refractivity contribution in [3.8, 4) is 0 Å². The van der Waals surface area contributed by atoms with Crippen LogP contribution in [0.1, 0.15) is 47.5 Å². The lowest BCUT2D eigenvalue weighted by molar-refractivity contribution is -0.133. The zero-order valence-electron chi connectivity index (χ0n) is 17.5. The molecule has 8 nitrogen and oxygen atoms in total. The molecule has 0 saturated carbocycles. The number of benzene rings is 1. The van der Waals surface area contributed by atoms with Crippen molar-refractivity contribution < 1.29 is 14.1 Å². The standard InChI is InChI=1S/C22H27N5O3/c1-16-13-17(2)27(24-16)14-21(28)26-11-6-9-19(26)22-23-20(25-30-22)10-12-29-15-18-7-4-3-5-8-18/h3-5,7-8,13,19H,6,9-12,14-15H2,1-2H3/t19-/m0/s1. The molecule has 1 aromatic carbocycles. The topological polar surface area (TPSA) is 86.3 Å². The zero-order valence-corrected chi connectivity index (χ0v) is 17.5. The van der Waals surface area contributed by atoms with E-state index < -0.39 is 0 Å². The maximum absolute atomic E-state index is 12.9. The largest absolute Gasteiger partial charge is 0.376 e. The molecule has 0 spiro atoms. The van der Waals surface area contributed by atoms with Gasteiger partial charge in [-0.25, -0.2) is 0 Å². The number of nitrogens with zero attached hydrogens (tertiary/aromatic N) is 5. The lowest BCUT2D eigenvalue weighted by Crippen LogP contribution is -2.34. The molecule has 0 bridgehead atoms. The predicted molar refractivity (Wildman–Crippen MR) is 109 cm³/mol. The molecule has 1 atom stereocenters. The quantitative estimate of drug-likeness (QED) is 0.532. The highest BCUT2D eigenvalue weighted by atomic mass is 16.5. The first-order valence-corrected chi connectivity index (χ1v) is 10.3. The molecule has 4 rings (SSSR count). The summed E-state index contributed by atoms with van der Waals surface area (Å²) in [5.41, 5.74) is 3.02. The summed E-state index contributed by atoms with van der Waals surface area (Å²) in [5.74, 6) is 1.14. The monoisotopic (exact) mass is 409 g/mol. The summed E-state index contributed by atoms with van der Waals surface area (Å²) in [4.78, 5) is 19.2. The van der Waals surface area contributed by atoms with Gasteiger partial charge in [-0.05, 0) is 38.3 Å². The summed E-state index contributed by atoms with van der Waals surface area (Å²) in [6.07, 6.45) is 2.32. The average molecular weight is 409 g/mol. The SMILES string of the molecule is Cc1cc(C)n(CC(=O)N2CCC[C@H]2c2nc(CCOCc3ccccc3)no2)n1. The van der Waals surface area contributed by atoms with E-state index in [2.05, 4.69) is 15.2 Å². The van der Waals surface area contributed by atoms with Crippen LogP contribution >= 0.6 is 0 Å². The third-order valence-corrected chi connectivity index (χ3v) is 5.31. The van der Waals surface area contributed by atoms with E-state index in [4.69, 9.17) is 9.26 Å². The molecule has 1 aliphatic rings. The van der Waals surface area contributed by atoms with Gasteiger partial charge in [0.2, 0.25) is 11.8 Å². The number of aryl methyl sites for hydroxylation is 2. The van der Waals surface area contributed by atoms with Gasteiger partial charge >= 0.3 is 0 Å². The first-order valence-electron chi connectivity index (χ1n) is 10.3. The molecule has 1 saturated heterocycles. The summed E-state index contributed by atoms with van der Waals surface area (Å²) < 4.78 is 12.9. The van der Waals surface area contributed by atoms with Crippen LogP contribution in [0.15, 0.2) is 40.9 Å². The molecule has 3 aromatic rings. The fourth-order valence-electron chi connectivity index (χ4n) is 3.81. The second-order valence-corrected chi connectivity index (χ2v) is 7.67. The Labute approximate surface area is 175 Å². The Balaban J connectivity index is 1.31. The van der Waals surface area contributed by atoms with Crippen LogP contribution in [0.4, 0.5) is 0 Å². The minimum Gasteiger partial charge on any atom is -0.376 e. The van der Waals surface area contributed by atoms with Crippen LogP contribution in [-0.2, 0) is 29.1 Å². The molecule has 2 aromatic heterocycles. The number of carbonyl (C=O) groups is 1. The Morgan fingerprint density at radius 3 is 2.87 bits per heavy atom. The highest BCUT2D eigenvalue weighted by Crippen LogP contribution is 2.31. The van der Waals surface area contributed by atoms with Crippen LogP contribution < -0.4 is 0 Å². The van der Waals surface area contributed by atoms with Gasteiger partial charge in [-0.15, -0.1) is 0 Å². The van der Waals surface area contributed by atoms with Crippen molar-refractivity contribution in [2.75, 3.05) is 13.2 Å². The lowest BCUT2D eigenvalue weighted by atomic mass is 10.2. The van der Waals surface area contributed by atoms with Crippen molar-refractivity contribution in [3.63, 3.8) is 0 Å². The van der Waals surface area contributed by atoms with E-state index in [0.717, 1.165) is 29.8 Å². The van der Waals surface area contributed by atoms with E-state index in [1.807, 2.05) is 55.1 Å². The molecule has 8 heteroatoms. The van der Waals surface area contributed by atoms with Crippen molar-refractivity contribution in [2.45, 2.75) is 52.3 Å². The van der Waals surface area contributed by atoms with E-state index in [1.54, 1.807) is 4.68 Å². The molecule has 1 amide bonds. The molecular formula is C22H27N5O3. The minimum atomic E-state index is -0.166. The van der Waals surface area contributed by atoms with Gasteiger partial charge in [0.05, 0.1) is 18.9 Å². The number of rotatable bonds is 8. The summed E-state index contributed by atoms with van der Waals surface area (Å²) in [6.45, 7) is 5.88. The zero-order chi connectivity index (χ0) is 20.9. The third kappa shape index (κ3) is 4.76. The fraction of sp³-hybridized carbons (Fsp3) is 0.455. The molecule has 0 aliphatic carbocycles. The first-order chi connectivity index (χ1) is 14.6. The van der Waals surface area contributed by atoms with Gasteiger partial charge in [-0.1, -0.05) is 35.5 Å². The summed E-state index contributed by atoms with van der Waals surface area (Å²) in [6, 6.07) is 11.8. The fourth-order valence-corrected chi connectivity index (χ4v) is 3.81. The molecule has 0 radical (unpaired) electrons. The van der Waals surface area contributed by atoms with E-state index in [1.165, 1.54) is 0 Å². The Morgan fingerprint density at radius 2 is 2.10 bits per heavy atom. The van der Waals surface area contributed by atoms with Gasteiger partial charge in [-0.3, -0.25) is 9.48 Å². The Morgan fingerprint density at radius 1 is 1.27 bits per heavy atom. The van der Waals surface area contributed by atoms with Crippen molar-refractivity contribution in [2.24, 2.45) is 0 Å². The van der Waals surface area contributed by atoms with Crippen LogP contribution in [0.3, 0.4) is 0 Å². The molecule has 0 unspecified atom stereocenters. The number of aromatic nitrogens is 4. The predicted octanol–water partition coefficient (Wildman–Crippen LogP) is 3.01. The van der Waals surface area contributed by atoms with Crippen LogP contribution in [0.2, 0.25) is 0 Å². The van der Waals surface area contributed by atoms with Gasteiger partial charge in [0.15, 0.2) is 5.82 Å². The summed E-state index contributed by atoms with van der Waals surface area (Å²) in [7, 11) is 0. The Hall–Kier alpha value is -3.00. The van der Waals surface area contributed by atoms with Gasteiger partial charge in [-0.2, -0.15) is 10.1 Å². The summed E-state index contributed by atoms with van der Waals surface area (Å²) in [5, 5.41) is 8.47. The Bertz CT molecular complexity index is 982. The number of carbonyl (C=O) groups excluding carboxylic acids is 1. The van der Waals surface area contributed by atoms with Crippen molar-refractivity contribution in [3.05, 3.63) is 65.1 Å². The number of likely N-dealkylation sites (tertiary alicyclic amines) is 1. The maximum atomic E-state index is 12.9. The van der Waals surface area contributed by atoms with Crippen molar-refractivity contribution in [1.82, 2.24) is 24.8 Å². The van der Waals surface area contributed by atoms with E-state index >= 15 is 0 Å². The average Bonchev–Trinajstić information content (AvgIpc) is 3.46. The van der Waals surface area contributed by atoms with Crippen LogP contribution in [0.5, 0.6) is 0 Å². The summed E-state index contributed by atoms with van der Waals surface area (Å²) >= 11 is 0. The minimum absolute atomic E-state index is 0.0228. The number of ether oxygens (including phenoxy) is 1. The van der Waals surface area contributed by atoms with Crippen LogP contribution in [0.25, 0.3) is 0 Å². The van der Waals surface area contributed by atoms with Gasteiger partial charge < -0.3 is 14.2 Å². The van der Waals surface area contributed by atoms with Gasteiger partial charge in [0.1, 0.15) is 12.6 Å². The second kappa shape index (κ2) is 9.21. The number of hydrogen-bond donors (Lipinski definition) is 0. The van der Waals surface area contributed by atoms with E-state index in [9.17, 15) is 4.79 Å². The molecule has 1 fully saturated rings.